The van der Waals surface area contributed by atoms with Crippen molar-refractivity contribution in [1.82, 2.24) is 5.32 Å². The van der Waals surface area contributed by atoms with Crippen molar-refractivity contribution in [3.05, 3.63) is 29.6 Å². The summed E-state index contributed by atoms with van der Waals surface area (Å²) in [6.45, 7) is 3.81. The Bertz CT molecular complexity index is 397. The first-order chi connectivity index (χ1) is 7.58. The van der Waals surface area contributed by atoms with Crippen molar-refractivity contribution >= 4 is 0 Å². The lowest BCUT2D eigenvalue weighted by atomic mass is 10.1. The van der Waals surface area contributed by atoms with Gasteiger partial charge in [0, 0.05) is 11.6 Å². The van der Waals surface area contributed by atoms with Crippen LogP contribution in [0.5, 0.6) is 5.75 Å². The minimum absolute atomic E-state index is 0.0716. The van der Waals surface area contributed by atoms with E-state index in [2.05, 4.69) is 11.2 Å². The van der Waals surface area contributed by atoms with E-state index in [1.54, 1.807) is 0 Å². The standard InChI is InChI=1S/C13H16FNO/c1-4-11(5-2)15-9(3)12-8-10(14)6-7-13(12)16/h1,6-9,11,15-16H,5H2,2-3H3. The molecule has 0 aliphatic rings. The number of nitrogens with one attached hydrogen (secondary N) is 1. The molecule has 16 heavy (non-hydrogen) atoms. The lowest BCUT2D eigenvalue weighted by molar-refractivity contribution is 0.440. The molecule has 0 spiro atoms. The molecule has 1 aromatic carbocycles. The summed E-state index contributed by atoms with van der Waals surface area (Å²) >= 11 is 0. The summed E-state index contributed by atoms with van der Waals surface area (Å²) in [6, 6.07) is 3.63. The van der Waals surface area contributed by atoms with Gasteiger partial charge in [0.05, 0.1) is 6.04 Å². The zero-order valence-corrected chi connectivity index (χ0v) is 9.50. The summed E-state index contributed by atoms with van der Waals surface area (Å²) in [5.74, 6) is 2.31. The summed E-state index contributed by atoms with van der Waals surface area (Å²) < 4.78 is 13.0. The number of hydrogen-bond acceptors (Lipinski definition) is 2. The van der Waals surface area contributed by atoms with Crippen LogP contribution in [0.3, 0.4) is 0 Å². The van der Waals surface area contributed by atoms with Crippen molar-refractivity contribution < 1.29 is 9.50 Å². The minimum Gasteiger partial charge on any atom is -0.508 e. The van der Waals surface area contributed by atoms with E-state index in [0.29, 0.717) is 5.56 Å². The predicted octanol–water partition coefficient (Wildman–Crippen LogP) is 2.59. The van der Waals surface area contributed by atoms with Crippen molar-refractivity contribution in [1.29, 1.82) is 0 Å². The first-order valence-corrected chi connectivity index (χ1v) is 5.29. The predicted molar refractivity (Wildman–Crippen MR) is 62.5 cm³/mol. The SMILES string of the molecule is C#CC(CC)NC(C)c1cc(F)ccc1O. The molecule has 2 unspecified atom stereocenters. The third kappa shape index (κ3) is 2.98. The average molecular weight is 221 g/mol. The Morgan fingerprint density at radius 3 is 2.81 bits per heavy atom. The Kier molecular flexibility index (Phi) is 4.33. The van der Waals surface area contributed by atoms with Crippen LogP contribution < -0.4 is 5.32 Å². The van der Waals surface area contributed by atoms with Gasteiger partial charge in [-0.25, -0.2) is 4.39 Å². The monoisotopic (exact) mass is 221 g/mol. The molecule has 2 N–H and O–H groups in total. The molecule has 0 aliphatic heterocycles. The second-order valence-electron chi connectivity index (χ2n) is 3.72. The molecule has 2 nitrogen and oxygen atoms in total. The zero-order valence-electron chi connectivity index (χ0n) is 9.50. The van der Waals surface area contributed by atoms with E-state index < -0.39 is 0 Å². The maximum Gasteiger partial charge on any atom is 0.123 e. The third-order valence-corrected chi connectivity index (χ3v) is 2.52. The molecule has 1 rings (SSSR count). The van der Waals surface area contributed by atoms with Crippen LogP contribution in [0.4, 0.5) is 4.39 Å². The maximum absolute atomic E-state index is 13.0. The van der Waals surface area contributed by atoms with Crippen LogP contribution in [0, 0.1) is 18.2 Å². The topological polar surface area (TPSA) is 32.3 Å². The van der Waals surface area contributed by atoms with Crippen molar-refractivity contribution in [3.63, 3.8) is 0 Å². The fraction of sp³-hybridized carbons (Fsp3) is 0.385. The highest BCUT2D eigenvalue weighted by Crippen LogP contribution is 2.25. The maximum atomic E-state index is 13.0. The largest absolute Gasteiger partial charge is 0.508 e. The van der Waals surface area contributed by atoms with Gasteiger partial charge in [-0.1, -0.05) is 12.8 Å². The molecule has 3 heteroatoms. The lowest BCUT2D eigenvalue weighted by Gasteiger charge is -2.19. The quantitative estimate of drug-likeness (QED) is 0.766. The highest BCUT2D eigenvalue weighted by molar-refractivity contribution is 5.35. The third-order valence-electron chi connectivity index (χ3n) is 2.52. The summed E-state index contributed by atoms with van der Waals surface area (Å²) in [4.78, 5) is 0. The molecule has 0 bridgehead atoms. The van der Waals surface area contributed by atoms with Gasteiger partial charge >= 0.3 is 0 Å². The Labute approximate surface area is 95.5 Å². The molecule has 0 saturated carbocycles. The van der Waals surface area contributed by atoms with Gasteiger partial charge in [-0.05, 0) is 31.5 Å². The molecule has 0 aliphatic carbocycles. The van der Waals surface area contributed by atoms with Gasteiger partial charge in [0.1, 0.15) is 11.6 Å². The number of phenols is 1. The van der Waals surface area contributed by atoms with E-state index in [9.17, 15) is 9.50 Å². The summed E-state index contributed by atoms with van der Waals surface area (Å²) in [7, 11) is 0. The Hall–Kier alpha value is -1.53. The van der Waals surface area contributed by atoms with Gasteiger partial charge in [0.2, 0.25) is 0 Å². The number of hydrogen-bond donors (Lipinski definition) is 2. The summed E-state index contributed by atoms with van der Waals surface area (Å²) in [5, 5.41) is 12.7. The van der Waals surface area contributed by atoms with E-state index in [1.165, 1.54) is 18.2 Å². The van der Waals surface area contributed by atoms with Crippen LogP contribution in [0.2, 0.25) is 0 Å². The molecule has 0 aromatic heterocycles. The van der Waals surface area contributed by atoms with Gasteiger partial charge < -0.3 is 5.11 Å². The first-order valence-electron chi connectivity index (χ1n) is 5.29. The summed E-state index contributed by atoms with van der Waals surface area (Å²) in [6.07, 6.45) is 6.12. The first kappa shape index (κ1) is 12.5. The number of aromatic hydroxyl groups is 1. The average Bonchev–Trinajstić information content (AvgIpc) is 2.28. The van der Waals surface area contributed by atoms with Gasteiger partial charge in [0.15, 0.2) is 0 Å². The number of rotatable bonds is 4. The van der Waals surface area contributed by atoms with Gasteiger partial charge in [-0.2, -0.15) is 0 Å². The van der Waals surface area contributed by atoms with Gasteiger partial charge in [-0.3, -0.25) is 5.32 Å². The van der Waals surface area contributed by atoms with Gasteiger partial charge in [0.25, 0.3) is 0 Å². The van der Waals surface area contributed by atoms with E-state index in [1.807, 2.05) is 13.8 Å². The van der Waals surface area contributed by atoms with Crippen LogP contribution in [0.1, 0.15) is 31.9 Å². The molecule has 86 valence electrons. The Balaban J connectivity index is 2.84. The molecule has 0 saturated heterocycles. The van der Waals surface area contributed by atoms with Crippen molar-refractivity contribution in [2.24, 2.45) is 0 Å². The number of terminal acetylenes is 1. The van der Waals surface area contributed by atoms with Crippen LogP contribution in [0.25, 0.3) is 0 Å². The molecule has 1 aromatic rings. The van der Waals surface area contributed by atoms with E-state index in [-0.39, 0.29) is 23.7 Å². The van der Waals surface area contributed by atoms with Crippen LogP contribution in [-0.4, -0.2) is 11.1 Å². The van der Waals surface area contributed by atoms with Crippen molar-refractivity contribution in [3.8, 4) is 18.1 Å². The minimum atomic E-state index is -0.366. The highest BCUT2D eigenvalue weighted by atomic mass is 19.1. The smallest absolute Gasteiger partial charge is 0.123 e. The molecule has 0 fully saturated rings. The number of halogens is 1. The second-order valence-corrected chi connectivity index (χ2v) is 3.72. The molecule has 0 radical (unpaired) electrons. The number of benzene rings is 1. The fourth-order valence-electron chi connectivity index (χ4n) is 1.55. The van der Waals surface area contributed by atoms with E-state index in [4.69, 9.17) is 6.42 Å². The van der Waals surface area contributed by atoms with Gasteiger partial charge in [-0.15, -0.1) is 6.42 Å². The molecule has 2 atom stereocenters. The lowest BCUT2D eigenvalue weighted by Crippen LogP contribution is -2.29. The normalized spacial score (nSPS) is 14.1. The molecular weight excluding hydrogens is 205 g/mol. The fourth-order valence-corrected chi connectivity index (χ4v) is 1.55. The van der Waals surface area contributed by atoms with Crippen LogP contribution in [0.15, 0.2) is 18.2 Å². The molecule has 0 heterocycles. The van der Waals surface area contributed by atoms with Crippen molar-refractivity contribution in [2.45, 2.75) is 32.4 Å². The number of phenolic OH excluding ortho intramolecular Hbond substituents is 1. The Morgan fingerprint density at radius 1 is 1.56 bits per heavy atom. The Morgan fingerprint density at radius 2 is 2.25 bits per heavy atom. The molecule has 0 amide bonds. The summed E-state index contributed by atoms with van der Waals surface area (Å²) in [5.41, 5.74) is 0.522. The van der Waals surface area contributed by atoms with Crippen molar-refractivity contribution in [2.75, 3.05) is 0 Å². The zero-order chi connectivity index (χ0) is 12.1. The van der Waals surface area contributed by atoms with Crippen LogP contribution >= 0.6 is 0 Å². The molecular formula is C13H16FNO. The van der Waals surface area contributed by atoms with Crippen LogP contribution in [-0.2, 0) is 0 Å². The second kappa shape index (κ2) is 5.53. The van der Waals surface area contributed by atoms with E-state index in [0.717, 1.165) is 6.42 Å². The highest BCUT2D eigenvalue weighted by Gasteiger charge is 2.13. The van der Waals surface area contributed by atoms with E-state index >= 15 is 0 Å².